The number of hydrogen-bond acceptors (Lipinski definition) is 14. The first-order chi connectivity index (χ1) is 44.2. The zero-order chi connectivity index (χ0) is 65.6. The van der Waals surface area contributed by atoms with Crippen LogP contribution in [0.4, 0.5) is 54.7 Å². The fourth-order valence-electron chi connectivity index (χ4n) is 9.19. The molecule has 4 aromatic carbocycles. The molecule has 0 unspecified atom stereocenters. The molecule has 472 valence electrons. The lowest BCUT2D eigenvalue weighted by molar-refractivity contribution is 0.0944. The summed E-state index contributed by atoms with van der Waals surface area (Å²) in [6.45, 7) is 14.7. The predicted molar refractivity (Wildman–Crippen MR) is 355 cm³/mol. The van der Waals surface area contributed by atoms with E-state index in [4.69, 9.17) is 4.52 Å². The van der Waals surface area contributed by atoms with Gasteiger partial charge in [-0.05, 0) is 104 Å². The molecule has 0 aliphatic rings. The van der Waals surface area contributed by atoms with Crippen LogP contribution in [-0.2, 0) is 12.0 Å². The molecular formula is C66H71N19O7. The molecular weight excluding hydrogens is 1170 g/mol. The van der Waals surface area contributed by atoms with Gasteiger partial charge in [-0.2, -0.15) is 0 Å². The largest absolute Gasteiger partial charge is 0.359 e. The van der Waals surface area contributed by atoms with E-state index in [0.29, 0.717) is 92.8 Å². The number of aromatic amines is 3. The summed E-state index contributed by atoms with van der Waals surface area (Å²) in [6.07, 6.45) is 11.4. The summed E-state index contributed by atoms with van der Waals surface area (Å²) in [6, 6.07) is 31.3. The molecule has 9 amide bonds. The summed E-state index contributed by atoms with van der Waals surface area (Å²) in [5, 5.41) is 23.2. The minimum Gasteiger partial charge on any atom is -0.359 e. The van der Waals surface area contributed by atoms with Gasteiger partial charge < -0.3 is 51.4 Å². The maximum absolute atomic E-state index is 12.9. The molecule has 0 spiro atoms. The Labute approximate surface area is 529 Å². The molecule has 26 heteroatoms. The number of urea groups is 3. The first-order valence-electron chi connectivity index (χ1n) is 29.4. The van der Waals surface area contributed by atoms with Crippen LogP contribution < -0.4 is 46.6 Å². The molecule has 9 N–H and O–H groups in total. The van der Waals surface area contributed by atoms with Crippen LogP contribution in [0, 0.1) is 20.8 Å². The van der Waals surface area contributed by atoms with Gasteiger partial charge >= 0.3 is 18.1 Å². The van der Waals surface area contributed by atoms with Crippen molar-refractivity contribution in [2.45, 2.75) is 73.3 Å². The predicted octanol–water partition coefficient (Wildman–Crippen LogP) is 11.8. The Morgan fingerprint density at radius 3 is 1.28 bits per heavy atom. The van der Waals surface area contributed by atoms with Crippen LogP contribution in [-0.4, -0.2) is 114 Å². The molecule has 7 aromatic heterocycles. The maximum atomic E-state index is 12.9. The SMILES string of the molecule is CCCCNC(=O)c1ccc(C)c(NC(=O)N(C)c2ncnc3[nH]ccc23)c1.Cc1ccc(C(=O)NCc2ccccc2)cc1NC(=O)N(C)c1ncnc2[nH]ccc12.Cc1ccc(C(=O)Nc2cc(C(C)(C)C)on2)cc1NC(=O)N(C)c1ncnc2[nH]ccc12. The zero-order valence-corrected chi connectivity index (χ0v) is 52.5. The number of amides is 9. The Hall–Kier alpha value is -11.8. The van der Waals surface area contributed by atoms with Crippen molar-refractivity contribution in [1.82, 2.24) is 60.6 Å². The van der Waals surface area contributed by atoms with Gasteiger partial charge in [0.2, 0.25) is 0 Å². The van der Waals surface area contributed by atoms with Crippen LogP contribution in [0.15, 0.2) is 151 Å². The number of rotatable bonds is 15. The minimum absolute atomic E-state index is 0.151. The van der Waals surface area contributed by atoms with Gasteiger partial charge in [0.05, 0.1) is 16.2 Å². The van der Waals surface area contributed by atoms with E-state index in [0.717, 1.165) is 51.3 Å². The number of unbranched alkanes of at least 4 members (excludes halogenated alkanes) is 1. The van der Waals surface area contributed by atoms with Crippen LogP contribution in [0.2, 0.25) is 0 Å². The highest BCUT2D eigenvalue weighted by Crippen LogP contribution is 2.29. The lowest BCUT2D eigenvalue weighted by atomic mass is 9.93. The fourth-order valence-corrected chi connectivity index (χ4v) is 9.19. The summed E-state index contributed by atoms with van der Waals surface area (Å²) in [5.74, 6) is 1.71. The van der Waals surface area contributed by atoms with Gasteiger partial charge in [0.15, 0.2) is 5.82 Å². The van der Waals surface area contributed by atoms with Crippen LogP contribution in [0.5, 0.6) is 0 Å². The standard InChI is InChI=1S/C23H25N7O3.C23H22N6O2.C20H24N6O2/c1-13-6-7-14(21(31)28-18-11-17(33-29-18)23(2,3)4)10-16(13)27-22(32)30(5)20-15-8-9-24-19(15)25-12-26-20;1-15-8-9-17(22(30)25-13-16-6-4-3-5-7-16)12-19(15)28-23(31)29(2)21-18-10-11-24-20(18)26-14-27-21;1-4-5-9-22-19(27)14-7-6-13(2)16(11-14)25-20(28)26(3)18-15-8-10-21-17(15)23-12-24-18/h6-12H,1-5H3,(H,27,32)(H,24,25,26)(H,28,29,31);3-12,14H,13H2,1-2H3,(H,25,30)(H,28,31)(H,24,26,27);6-8,10-12H,4-5,9H2,1-3H3,(H,22,27)(H,25,28)(H,21,23,24). The number of nitrogens with zero attached hydrogens (tertiary/aromatic N) is 10. The van der Waals surface area contributed by atoms with E-state index in [1.165, 1.54) is 33.7 Å². The average Bonchev–Trinajstić information content (AvgIpc) is 1.79. The molecule has 0 saturated carbocycles. The van der Waals surface area contributed by atoms with E-state index in [-0.39, 0.29) is 35.2 Å². The normalized spacial score (nSPS) is 10.9. The van der Waals surface area contributed by atoms with Gasteiger partial charge in [-0.1, -0.05) is 87.8 Å². The number of carbonyl (C=O) groups is 6. The van der Waals surface area contributed by atoms with E-state index in [1.54, 1.807) is 94.3 Å². The highest BCUT2D eigenvalue weighted by atomic mass is 16.5. The Morgan fingerprint density at radius 2 is 0.891 bits per heavy atom. The summed E-state index contributed by atoms with van der Waals surface area (Å²) in [5.41, 5.74) is 8.24. The highest BCUT2D eigenvalue weighted by molar-refractivity contribution is 6.09. The van der Waals surface area contributed by atoms with Gasteiger partial charge in [-0.3, -0.25) is 29.1 Å². The first kappa shape index (κ1) is 64.6. The van der Waals surface area contributed by atoms with E-state index in [1.807, 2.05) is 96.1 Å². The first-order valence-corrected chi connectivity index (χ1v) is 29.4. The van der Waals surface area contributed by atoms with Crippen molar-refractivity contribution in [3.05, 3.63) is 191 Å². The van der Waals surface area contributed by atoms with Gasteiger partial charge in [0.25, 0.3) is 17.7 Å². The number of fused-ring (bicyclic) bond motifs is 3. The molecule has 0 bridgehead atoms. The second-order valence-electron chi connectivity index (χ2n) is 22.4. The van der Waals surface area contributed by atoms with E-state index in [9.17, 15) is 28.8 Å². The summed E-state index contributed by atoms with van der Waals surface area (Å²) in [7, 11) is 4.89. The fraction of sp³-hybridized carbons (Fsp3) is 0.227. The molecule has 11 aromatic rings. The number of H-pyrrole nitrogens is 3. The zero-order valence-electron chi connectivity index (χ0n) is 52.5. The summed E-state index contributed by atoms with van der Waals surface area (Å²) >= 11 is 0. The van der Waals surface area contributed by atoms with Crippen molar-refractivity contribution in [1.29, 1.82) is 0 Å². The maximum Gasteiger partial charge on any atom is 0.327 e. The molecule has 0 aliphatic heterocycles. The van der Waals surface area contributed by atoms with Gasteiger partial charge in [-0.25, -0.2) is 44.3 Å². The number of aromatic nitrogens is 10. The average molecular weight is 1240 g/mol. The van der Waals surface area contributed by atoms with Crippen molar-refractivity contribution in [2.75, 3.05) is 63.7 Å². The van der Waals surface area contributed by atoms with Crippen molar-refractivity contribution >= 4 is 109 Å². The highest BCUT2D eigenvalue weighted by Gasteiger charge is 2.24. The second-order valence-corrected chi connectivity index (χ2v) is 22.4. The van der Waals surface area contributed by atoms with Crippen LogP contribution >= 0.6 is 0 Å². The number of benzene rings is 4. The topological polar surface area (TPSA) is 335 Å². The van der Waals surface area contributed by atoms with Crippen molar-refractivity contribution in [3.63, 3.8) is 0 Å². The van der Waals surface area contributed by atoms with Crippen LogP contribution in [0.1, 0.15) is 99.6 Å². The molecule has 0 atom stereocenters. The Balaban J connectivity index is 0.000000164. The van der Waals surface area contributed by atoms with E-state index in [2.05, 4.69) is 88.8 Å². The van der Waals surface area contributed by atoms with Crippen LogP contribution in [0.3, 0.4) is 0 Å². The van der Waals surface area contributed by atoms with Crippen molar-refractivity contribution < 1.29 is 33.3 Å². The third-order valence-corrected chi connectivity index (χ3v) is 14.7. The van der Waals surface area contributed by atoms with Crippen molar-refractivity contribution in [2.24, 2.45) is 0 Å². The van der Waals surface area contributed by atoms with Gasteiger partial charge in [0, 0.05) is 98.1 Å². The molecule has 0 radical (unpaired) electrons. The lowest BCUT2D eigenvalue weighted by Crippen LogP contribution is -2.32. The number of aryl methyl sites for hydroxylation is 3. The number of carbonyl (C=O) groups excluding carboxylic acids is 6. The summed E-state index contributed by atoms with van der Waals surface area (Å²) < 4.78 is 5.31. The quantitative estimate of drug-likeness (QED) is 0.0431. The molecule has 92 heavy (non-hydrogen) atoms. The Kier molecular flexibility index (Phi) is 20.4. The minimum atomic E-state index is -0.400. The lowest BCUT2D eigenvalue weighted by Gasteiger charge is -2.19. The molecule has 0 aliphatic carbocycles. The molecule has 0 saturated heterocycles. The summed E-state index contributed by atoms with van der Waals surface area (Å²) in [4.78, 5) is 115. The number of nitrogens with one attached hydrogen (secondary N) is 9. The molecule has 11 rings (SSSR count). The molecule has 0 fully saturated rings. The van der Waals surface area contributed by atoms with E-state index < -0.39 is 6.03 Å². The number of anilines is 7. The Morgan fingerprint density at radius 1 is 0.489 bits per heavy atom. The third kappa shape index (κ3) is 15.7. The van der Waals surface area contributed by atoms with Gasteiger partial charge in [0.1, 0.15) is 59.1 Å². The molecule has 7 heterocycles. The van der Waals surface area contributed by atoms with Crippen molar-refractivity contribution in [3.8, 4) is 0 Å². The van der Waals surface area contributed by atoms with Gasteiger partial charge in [-0.15, -0.1) is 0 Å². The Bertz CT molecular complexity index is 4450. The van der Waals surface area contributed by atoms with E-state index >= 15 is 0 Å². The number of hydrogen-bond donors (Lipinski definition) is 9. The third-order valence-electron chi connectivity index (χ3n) is 14.7. The smallest absolute Gasteiger partial charge is 0.327 e. The second kappa shape index (κ2) is 29.0. The van der Waals surface area contributed by atoms with Crippen LogP contribution in [0.25, 0.3) is 33.1 Å². The molecule has 26 nitrogen and oxygen atoms in total. The monoisotopic (exact) mass is 1240 g/mol.